The molecule has 0 aliphatic heterocycles. The summed E-state index contributed by atoms with van der Waals surface area (Å²) in [6.07, 6.45) is 1.54. The lowest BCUT2D eigenvalue weighted by atomic mass is 10.2. The maximum atomic E-state index is 11.8. The van der Waals surface area contributed by atoms with Gasteiger partial charge in [-0.3, -0.25) is 4.79 Å². The Labute approximate surface area is 132 Å². The molecular weight excluding hydrogens is 302 g/mol. The van der Waals surface area contributed by atoms with Crippen LogP contribution in [0.1, 0.15) is 11.4 Å². The molecule has 22 heavy (non-hydrogen) atoms. The lowest BCUT2D eigenvalue weighted by molar-refractivity contribution is 0.707. The fraction of sp³-hybridized carbons (Fsp3) is 0.267. The van der Waals surface area contributed by atoms with E-state index in [9.17, 15) is 4.79 Å². The molecule has 1 aromatic carbocycles. The minimum Gasteiger partial charge on any atom is -0.375 e. The zero-order valence-corrected chi connectivity index (χ0v) is 13.3. The van der Waals surface area contributed by atoms with Crippen molar-refractivity contribution in [3.05, 3.63) is 51.2 Å². The number of benzene rings is 1. The van der Waals surface area contributed by atoms with E-state index in [1.807, 2.05) is 30.7 Å². The topological polar surface area (TPSA) is 64.7 Å². The molecule has 0 radical (unpaired) electrons. The number of anilines is 1. The van der Waals surface area contributed by atoms with Gasteiger partial charge in [0.15, 0.2) is 0 Å². The van der Waals surface area contributed by atoms with Crippen LogP contribution in [0.5, 0.6) is 0 Å². The second-order valence-electron chi connectivity index (χ2n) is 5.23. The van der Waals surface area contributed by atoms with Crippen LogP contribution in [0.3, 0.4) is 0 Å². The molecule has 2 heterocycles. The minimum absolute atomic E-state index is 0.132. The van der Waals surface area contributed by atoms with E-state index in [0.717, 1.165) is 16.9 Å². The van der Waals surface area contributed by atoms with Crippen LogP contribution >= 0.6 is 11.6 Å². The average molecular weight is 318 g/mol. The normalized spacial score (nSPS) is 11.1. The Hall–Kier alpha value is -2.34. The summed E-state index contributed by atoms with van der Waals surface area (Å²) in [5.74, 6) is 0.859. The third-order valence-electron chi connectivity index (χ3n) is 3.64. The molecule has 0 fully saturated rings. The van der Waals surface area contributed by atoms with Crippen molar-refractivity contribution in [3.63, 3.8) is 0 Å². The van der Waals surface area contributed by atoms with Gasteiger partial charge in [-0.2, -0.15) is 5.10 Å². The summed E-state index contributed by atoms with van der Waals surface area (Å²) in [6, 6.07) is 6.16. The van der Waals surface area contributed by atoms with Gasteiger partial charge in [-0.25, -0.2) is 9.67 Å². The van der Waals surface area contributed by atoms with Crippen molar-refractivity contribution < 1.29 is 0 Å². The molecular formula is C15H16ClN5O. The van der Waals surface area contributed by atoms with E-state index in [2.05, 4.69) is 21.5 Å². The van der Waals surface area contributed by atoms with Gasteiger partial charge in [0, 0.05) is 14.1 Å². The first-order valence-corrected chi connectivity index (χ1v) is 7.23. The Bertz CT molecular complexity index is 912. The van der Waals surface area contributed by atoms with Crippen molar-refractivity contribution in [3.8, 4) is 0 Å². The van der Waals surface area contributed by atoms with Gasteiger partial charge in [-0.1, -0.05) is 17.7 Å². The molecule has 0 aliphatic carbocycles. The van der Waals surface area contributed by atoms with Gasteiger partial charge < -0.3 is 9.88 Å². The molecule has 0 saturated heterocycles. The Kier molecular flexibility index (Phi) is 3.62. The molecule has 114 valence electrons. The van der Waals surface area contributed by atoms with Gasteiger partial charge in [-0.15, -0.1) is 0 Å². The largest absolute Gasteiger partial charge is 0.375 e. The maximum Gasteiger partial charge on any atom is 0.287 e. The van der Waals surface area contributed by atoms with Crippen molar-refractivity contribution in [2.24, 2.45) is 14.1 Å². The van der Waals surface area contributed by atoms with Crippen molar-refractivity contribution in [2.75, 3.05) is 5.32 Å². The molecule has 0 unspecified atom stereocenters. The predicted octanol–water partition coefficient (Wildman–Crippen LogP) is 2.24. The zero-order valence-electron chi connectivity index (χ0n) is 12.6. The van der Waals surface area contributed by atoms with E-state index >= 15 is 0 Å². The third kappa shape index (κ3) is 2.46. The third-order valence-corrected chi connectivity index (χ3v) is 4.01. The van der Waals surface area contributed by atoms with Crippen molar-refractivity contribution in [1.29, 1.82) is 0 Å². The van der Waals surface area contributed by atoms with Gasteiger partial charge in [0.1, 0.15) is 10.8 Å². The number of nitrogens with one attached hydrogen (secondary N) is 1. The quantitative estimate of drug-likeness (QED) is 0.804. The number of fused-ring (bicyclic) bond motifs is 1. The van der Waals surface area contributed by atoms with E-state index in [1.54, 1.807) is 7.05 Å². The molecule has 3 rings (SSSR count). The van der Waals surface area contributed by atoms with Crippen LogP contribution in [-0.2, 0) is 20.6 Å². The number of aromatic nitrogens is 4. The van der Waals surface area contributed by atoms with Gasteiger partial charge >= 0.3 is 0 Å². The Morgan fingerprint density at radius 1 is 1.32 bits per heavy atom. The fourth-order valence-electron chi connectivity index (χ4n) is 2.33. The first-order chi connectivity index (χ1) is 10.5. The first kappa shape index (κ1) is 14.6. The smallest absolute Gasteiger partial charge is 0.287 e. The molecule has 0 bridgehead atoms. The van der Waals surface area contributed by atoms with Crippen LogP contribution in [0.4, 0.5) is 5.69 Å². The second kappa shape index (κ2) is 5.46. The summed E-state index contributed by atoms with van der Waals surface area (Å²) >= 11 is 6.04. The summed E-state index contributed by atoms with van der Waals surface area (Å²) in [6.45, 7) is 2.50. The van der Waals surface area contributed by atoms with Crippen LogP contribution in [0.2, 0.25) is 5.02 Å². The minimum atomic E-state index is -0.327. The number of rotatable bonds is 3. The Balaban J connectivity index is 1.90. The molecule has 7 heteroatoms. The monoisotopic (exact) mass is 317 g/mol. The van der Waals surface area contributed by atoms with Gasteiger partial charge in [-0.05, 0) is 24.6 Å². The average Bonchev–Trinajstić information content (AvgIpc) is 2.80. The summed E-state index contributed by atoms with van der Waals surface area (Å²) in [5.41, 5.74) is 3.37. The van der Waals surface area contributed by atoms with Crippen LogP contribution in [-0.4, -0.2) is 19.3 Å². The molecule has 0 saturated carbocycles. The predicted molar refractivity (Wildman–Crippen MR) is 87.3 cm³/mol. The van der Waals surface area contributed by atoms with Crippen molar-refractivity contribution in [1.82, 2.24) is 19.3 Å². The number of halogens is 1. The first-order valence-electron chi connectivity index (χ1n) is 6.85. The highest BCUT2D eigenvalue weighted by Gasteiger charge is 2.10. The zero-order chi connectivity index (χ0) is 15.9. The fourth-order valence-corrected chi connectivity index (χ4v) is 2.56. The standard InChI is InChI=1S/C15H16ClN5O/c1-9-4-5-12-10(6-9)19-13(20(12)2)8-17-11-7-18-21(3)15(22)14(11)16/h4-7,17H,8H2,1-3H3. The number of aryl methyl sites for hydroxylation is 3. The highest BCUT2D eigenvalue weighted by molar-refractivity contribution is 6.32. The number of imidazole rings is 1. The molecule has 0 spiro atoms. The maximum absolute atomic E-state index is 11.8. The molecule has 2 aromatic heterocycles. The summed E-state index contributed by atoms with van der Waals surface area (Å²) in [7, 11) is 3.53. The summed E-state index contributed by atoms with van der Waals surface area (Å²) in [4.78, 5) is 16.4. The molecule has 0 aliphatic rings. The van der Waals surface area contributed by atoms with E-state index in [4.69, 9.17) is 11.6 Å². The van der Waals surface area contributed by atoms with Gasteiger partial charge in [0.2, 0.25) is 0 Å². The highest BCUT2D eigenvalue weighted by Crippen LogP contribution is 2.19. The lowest BCUT2D eigenvalue weighted by Gasteiger charge is -2.08. The van der Waals surface area contributed by atoms with Crippen LogP contribution in [0.25, 0.3) is 11.0 Å². The Morgan fingerprint density at radius 2 is 2.09 bits per heavy atom. The number of hydrogen-bond acceptors (Lipinski definition) is 4. The molecule has 0 amide bonds. The molecule has 3 aromatic rings. The van der Waals surface area contributed by atoms with E-state index in [1.165, 1.54) is 16.4 Å². The van der Waals surface area contributed by atoms with E-state index in [-0.39, 0.29) is 10.6 Å². The van der Waals surface area contributed by atoms with Crippen LogP contribution < -0.4 is 10.9 Å². The molecule has 0 atom stereocenters. The second-order valence-corrected chi connectivity index (χ2v) is 5.61. The van der Waals surface area contributed by atoms with Crippen molar-refractivity contribution in [2.45, 2.75) is 13.5 Å². The summed E-state index contributed by atoms with van der Waals surface area (Å²) in [5, 5.41) is 7.21. The van der Waals surface area contributed by atoms with Gasteiger partial charge in [0.25, 0.3) is 5.56 Å². The lowest BCUT2D eigenvalue weighted by Crippen LogP contribution is -2.21. The number of hydrogen-bond donors (Lipinski definition) is 1. The van der Waals surface area contributed by atoms with Crippen LogP contribution in [0.15, 0.2) is 29.2 Å². The van der Waals surface area contributed by atoms with Gasteiger partial charge in [0.05, 0.1) is 29.5 Å². The molecule has 6 nitrogen and oxygen atoms in total. The molecule has 1 N–H and O–H groups in total. The SMILES string of the molecule is Cc1ccc2c(c1)nc(CNc1cnn(C)c(=O)c1Cl)n2C. The van der Waals surface area contributed by atoms with Crippen molar-refractivity contribution >= 4 is 28.3 Å². The highest BCUT2D eigenvalue weighted by atomic mass is 35.5. The van der Waals surface area contributed by atoms with E-state index in [0.29, 0.717) is 12.2 Å². The van der Waals surface area contributed by atoms with E-state index < -0.39 is 0 Å². The number of nitrogens with zero attached hydrogens (tertiary/aromatic N) is 4. The van der Waals surface area contributed by atoms with Crippen LogP contribution in [0, 0.1) is 6.92 Å². The Morgan fingerprint density at radius 3 is 2.86 bits per heavy atom. The summed E-state index contributed by atoms with van der Waals surface area (Å²) < 4.78 is 3.22.